The number of rotatable bonds is 2. The predicted molar refractivity (Wildman–Crippen MR) is 65.5 cm³/mol. The normalized spacial score (nSPS) is 17.4. The third kappa shape index (κ3) is 1.98. The lowest BCUT2D eigenvalue weighted by atomic mass is 9.98. The first-order valence-electron chi connectivity index (χ1n) is 5.13. The summed E-state index contributed by atoms with van der Waals surface area (Å²) in [5, 5.41) is 1.27. The lowest BCUT2D eigenvalue weighted by Gasteiger charge is -2.13. The molecule has 1 fully saturated rings. The van der Waals surface area contributed by atoms with Gasteiger partial charge in [0.1, 0.15) is 0 Å². The molecular weight excluding hydrogens is 210 g/mol. The quantitative estimate of drug-likeness (QED) is 0.759. The Kier molecular flexibility index (Phi) is 2.64. The van der Waals surface area contributed by atoms with Crippen LogP contribution in [0.1, 0.15) is 55.1 Å². The van der Waals surface area contributed by atoms with E-state index in [2.05, 4.69) is 33.4 Å². The first-order valence-corrected chi connectivity index (χ1v) is 6.58. The van der Waals surface area contributed by atoms with Crippen molar-refractivity contribution in [2.45, 2.75) is 50.7 Å². The molecule has 0 N–H and O–H groups in total. The molecule has 0 saturated heterocycles. The van der Waals surface area contributed by atoms with E-state index in [-0.39, 0.29) is 5.41 Å². The van der Waals surface area contributed by atoms with Crippen LogP contribution in [0.3, 0.4) is 0 Å². The Morgan fingerprint density at radius 3 is 2.50 bits per heavy atom. The topological polar surface area (TPSA) is 12.9 Å². The van der Waals surface area contributed by atoms with Crippen molar-refractivity contribution in [3.8, 4) is 0 Å². The summed E-state index contributed by atoms with van der Waals surface area (Å²) in [6.07, 6.45) is 2.65. The summed E-state index contributed by atoms with van der Waals surface area (Å²) < 4.78 is 0. The molecule has 1 saturated carbocycles. The predicted octanol–water partition coefficient (Wildman–Crippen LogP) is 3.75. The Morgan fingerprint density at radius 2 is 2.07 bits per heavy atom. The Bertz CT molecular complexity index is 332. The van der Waals surface area contributed by atoms with Gasteiger partial charge in [0.05, 0.1) is 10.7 Å². The van der Waals surface area contributed by atoms with Gasteiger partial charge in [-0.25, -0.2) is 4.98 Å². The molecule has 0 bridgehead atoms. The highest BCUT2D eigenvalue weighted by molar-refractivity contribution is 7.79. The van der Waals surface area contributed by atoms with Crippen molar-refractivity contribution in [2.75, 3.05) is 0 Å². The van der Waals surface area contributed by atoms with E-state index >= 15 is 0 Å². The van der Waals surface area contributed by atoms with Crippen molar-refractivity contribution in [3.05, 3.63) is 15.6 Å². The zero-order chi connectivity index (χ0) is 10.3. The van der Waals surface area contributed by atoms with Crippen LogP contribution >= 0.6 is 24.0 Å². The first kappa shape index (κ1) is 10.5. The monoisotopic (exact) mass is 227 g/mol. The largest absolute Gasteiger partial charge is 0.245 e. The molecule has 1 aliphatic rings. The van der Waals surface area contributed by atoms with Crippen LogP contribution in [0.15, 0.2) is 0 Å². The number of nitrogens with zero attached hydrogens (tertiary/aromatic N) is 1. The Hall–Kier alpha value is -0.0200. The molecule has 0 radical (unpaired) electrons. The number of hydrogen-bond donors (Lipinski definition) is 1. The smallest absolute Gasteiger partial charge is 0.0985 e. The van der Waals surface area contributed by atoms with Crippen molar-refractivity contribution >= 4 is 24.0 Å². The van der Waals surface area contributed by atoms with Crippen LogP contribution in [0.5, 0.6) is 0 Å². The lowest BCUT2D eigenvalue weighted by Crippen LogP contribution is -2.10. The highest BCUT2D eigenvalue weighted by atomic mass is 32.1. The maximum atomic E-state index is 4.78. The Labute approximate surface area is 95.4 Å². The third-order valence-electron chi connectivity index (χ3n) is 2.48. The van der Waals surface area contributed by atoms with Crippen LogP contribution in [0.25, 0.3) is 0 Å². The highest BCUT2D eigenvalue weighted by Gasteiger charge is 2.31. The number of aromatic nitrogens is 1. The molecular formula is C11H17NS2. The van der Waals surface area contributed by atoms with Crippen LogP contribution in [-0.2, 0) is 11.2 Å². The summed E-state index contributed by atoms with van der Waals surface area (Å²) >= 11 is 6.23. The van der Waals surface area contributed by atoms with Gasteiger partial charge in [0.25, 0.3) is 0 Å². The average molecular weight is 227 g/mol. The minimum Gasteiger partial charge on any atom is -0.245 e. The number of hydrogen-bond acceptors (Lipinski definition) is 3. The van der Waals surface area contributed by atoms with Crippen molar-refractivity contribution in [1.29, 1.82) is 0 Å². The lowest BCUT2D eigenvalue weighted by molar-refractivity contribution is 0.583. The van der Waals surface area contributed by atoms with Crippen molar-refractivity contribution in [3.63, 3.8) is 0 Å². The SMILES string of the molecule is CC(C)(C)c1nc(C2CC2)c(CS)s1. The standard InChI is InChI=1S/C11H17NS2/c1-11(2,3)10-12-9(7-4-5-7)8(6-13)14-10/h7,13H,4-6H2,1-3H3. The Morgan fingerprint density at radius 1 is 1.43 bits per heavy atom. The van der Waals surface area contributed by atoms with Gasteiger partial charge >= 0.3 is 0 Å². The maximum Gasteiger partial charge on any atom is 0.0985 e. The fraction of sp³-hybridized carbons (Fsp3) is 0.727. The molecule has 78 valence electrons. The van der Waals surface area contributed by atoms with Gasteiger partial charge in [-0.1, -0.05) is 20.8 Å². The van der Waals surface area contributed by atoms with E-state index in [4.69, 9.17) is 4.98 Å². The molecule has 3 heteroatoms. The van der Waals surface area contributed by atoms with Crippen LogP contribution in [0.2, 0.25) is 0 Å². The average Bonchev–Trinajstić information content (AvgIpc) is 2.82. The third-order valence-corrected chi connectivity index (χ3v) is 4.50. The molecule has 0 aromatic carbocycles. The summed E-state index contributed by atoms with van der Waals surface area (Å²) in [6, 6.07) is 0. The van der Waals surface area contributed by atoms with Crippen molar-refractivity contribution in [2.24, 2.45) is 0 Å². The number of thiazole rings is 1. The van der Waals surface area contributed by atoms with Gasteiger partial charge in [-0.3, -0.25) is 0 Å². The van der Waals surface area contributed by atoms with E-state index in [1.165, 1.54) is 28.4 Å². The molecule has 14 heavy (non-hydrogen) atoms. The first-order chi connectivity index (χ1) is 6.52. The van der Waals surface area contributed by atoms with E-state index in [0.717, 1.165) is 11.7 Å². The van der Waals surface area contributed by atoms with E-state index in [0.29, 0.717) is 0 Å². The molecule has 1 heterocycles. The zero-order valence-electron chi connectivity index (χ0n) is 9.00. The van der Waals surface area contributed by atoms with E-state index in [9.17, 15) is 0 Å². The molecule has 1 nitrogen and oxygen atoms in total. The Balaban J connectivity index is 2.35. The van der Waals surface area contributed by atoms with Crippen LogP contribution in [-0.4, -0.2) is 4.98 Å². The van der Waals surface area contributed by atoms with Crippen LogP contribution in [0, 0.1) is 0 Å². The van der Waals surface area contributed by atoms with Crippen LogP contribution < -0.4 is 0 Å². The molecule has 2 rings (SSSR count). The van der Waals surface area contributed by atoms with Gasteiger partial charge in [-0.2, -0.15) is 12.6 Å². The second-order valence-corrected chi connectivity index (χ2v) is 6.41. The van der Waals surface area contributed by atoms with E-state index in [1.54, 1.807) is 0 Å². The van der Waals surface area contributed by atoms with Gasteiger partial charge in [0.15, 0.2) is 0 Å². The number of thiol groups is 1. The second kappa shape index (κ2) is 3.53. The molecule has 0 aliphatic heterocycles. The minimum absolute atomic E-state index is 0.190. The zero-order valence-corrected chi connectivity index (χ0v) is 10.7. The maximum absolute atomic E-state index is 4.78. The van der Waals surface area contributed by atoms with E-state index < -0.39 is 0 Å². The summed E-state index contributed by atoms with van der Waals surface area (Å²) in [6.45, 7) is 6.68. The fourth-order valence-corrected chi connectivity index (χ4v) is 2.89. The summed E-state index contributed by atoms with van der Waals surface area (Å²) in [5.74, 6) is 1.60. The second-order valence-electron chi connectivity index (χ2n) is 5.01. The van der Waals surface area contributed by atoms with Crippen molar-refractivity contribution < 1.29 is 0 Å². The molecule has 0 atom stereocenters. The molecule has 1 aromatic rings. The summed E-state index contributed by atoms with van der Waals surface area (Å²) in [7, 11) is 0. The van der Waals surface area contributed by atoms with Gasteiger partial charge in [0, 0.05) is 22.0 Å². The summed E-state index contributed by atoms with van der Waals surface area (Å²) in [4.78, 5) is 6.17. The minimum atomic E-state index is 0.190. The highest BCUT2D eigenvalue weighted by Crippen LogP contribution is 2.44. The molecule has 1 aliphatic carbocycles. The van der Waals surface area contributed by atoms with Crippen LogP contribution in [0.4, 0.5) is 0 Å². The fourth-order valence-electron chi connectivity index (χ4n) is 1.47. The van der Waals surface area contributed by atoms with Gasteiger partial charge in [0.2, 0.25) is 0 Å². The molecule has 0 unspecified atom stereocenters. The summed E-state index contributed by atoms with van der Waals surface area (Å²) in [5.41, 5.74) is 1.53. The van der Waals surface area contributed by atoms with Gasteiger partial charge < -0.3 is 0 Å². The van der Waals surface area contributed by atoms with Gasteiger partial charge in [-0.05, 0) is 12.8 Å². The molecule has 0 amide bonds. The van der Waals surface area contributed by atoms with Crippen molar-refractivity contribution in [1.82, 2.24) is 4.98 Å². The molecule has 0 spiro atoms. The molecule has 1 aromatic heterocycles. The van der Waals surface area contributed by atoms with E-state index in [1.807, 2.05) is 11.3 Å². The van der Waals surface area contributed by atoms with Gasteiger partial charge in [-0.15, -0.1) is 11.3 Å².